The highest BCUT2D eigenvalue weighted by Crippen LogP contribution is 2.28. The van der Waals surface area contributed by atoms with Gasteiger partial charge in [0.1, 0.15) is 17.4 Å². The number of nitrogens with zero attached hydrogens (tertiary/aromatic N) is 2. The van der Waals surface area contributed by atoms with Gasteiger partial charge in [-0.1, -0.05) is 54.1 Å². The summed E-state index contributed by atoms with van der Waals surface area (Å²) in [6.07, 6.45) is -0.558. The maximum absolute atomic E-state index is 13.2. The Morgan fingerprint density at radius 3 is 2.48 bits per heavy atom. The van der Waals surface area contributed by atoms with Crippen molar-refractivity contribution in [2.45, 2.75) is 32.9 Å². The molecule has 6 nitrogen and oxygen atoms in total. The largest absolute Gasteiger partial charge is 0.494 e. The molecule has 0 bridgehead atoms. The molecule has 0 aliphatic heterocycles. The molecule has 0 amide bonds. The number of Topliss-reactive ketones (excluding diaryl/α,β-unsaturated/α-hetero) is 1. The molecule has 1 aromatic heterocycles. The van der Waals surface area contributed by atoms with Gasteiger partial charge in [-0.2, -0.15) is 5.26 Å². The number of nitriles is 1. The summed E-state index contributed by atoms with van der Waals surface area (Å²) >= 11 is 6.10. The Balaban J connectivity index is 1.99. The van der Waals surface area contributed by atoms with E-state index in [9.17, 15) is 20.0 Å². The van der Waals surface area contributed by atoms with Gasteiger partial charge in [0.15, 0.2) is 6.10 Å². The van der Waals surface area contributed by atoms with Crippen molar-refractivity contribution < 1.29 is 14.6 Å². The van der Waals surface area contributed by atoms with Gasteiger partial charge in [0.25, 0.3) is 5.56 Å². The molecule has 1 N–H and O–H groups in total. The summed E-state index contributed by atoms with van der Waals surface area (Å²) in [6.45, 7) is 3.11. The number of halogens is 1. The third-order valence-corrected chi connectivity index (χ3v) is 5.34. The lowest BCUT2D eigenvalue weighted by Gasteiger charge is -2.19. The zero-order valence-corrected chi connectivity index (χ0v) is 17.9. The van der Waals surface area contributed by atoms with Crippen LogP contribution in [-0.4, -0.2) is 21.6 Å². The Kier molecular flexibility index (Phi) is 6.78. The Hall–Kier alpha value is -3.56. The molecule has 3 rings (SSSR count). The first kappa shape index (κ1) is 22.1. The van der Waals surface area contributed by atoms with E-state index in [2.05, 4.69) is 0 Å². The quantitative estimate of drug-likeness (QED) is 0.558. The lowest BCUT2D eigenvalue weighted by atomic mass is 9.99. The monoisotopic (exact) mass is 436 g/mol. The van der Waals surface area contributed by atoms with Crippen molar-refractivity contribution >= 4 is 17.4 Å². The highest BCUT2D eigenvalue weighted by Gasteiger charge is 2.28. The van der Waals surface area contributed by atoms with Crippen LogP contribution in [0.3, 0.4) is 0 Å². The van der Waals surface area contributed by atoms with E-state index in [4.69, 9.17) is 16.3 Å². The van der Waals surface area contributed by atoms with Crippen LogP contribution in [0.15, 0.2) is 59.4 Å². The van der Waals surface area contributed by atoms with Gasteiger partial charge in [0.2, 0.25) is 11.7 Å². The molecule has 0 saturated heterocycles. The van der Waals surface area contributed by atoms with Crippen molar-refractivity contribution in [1.29, 1.82) is 5.26 Å². The van der Waals surface area contributed by atoms with Crippen LogP contribution in [0.25, 0.3) is 0 Å². The maximum Gasteiger partial charge on any atom is 0.271 e. The van der Waals surface area contributed by atoms with Crippen molar-refractivity contribution in [3.8, 4) is 17.7 Å². The minimum atomic E-state index is -1.00. The van der Waals surface area contributed by atoms with Gasteiger partial charge < -0.3 is 9.84 Å². The molecule has 7 heteroatoms. The smallest absolute Gasteiger partial charge is 0.271 e. The summed E-state index contributed by atoms with van der Waals surface area (Å²) < 4.78 is 6.74. The van der Waals surface area contributed by atoms with Crippen molar-refractivity contribution in [3.63, 3.8) is 0 Å². The standard InChI is InChI=1S/C24H21ClN2O4/c1-15-18(14-26)23(29)27(13-12-17-8-4-3-5-9-17)24(30)21(15)22(28)16(2)31-20-11-7-6-10-19(20)25/h3-11,16,30H,12-13H2,1-2H3. The first-order chi connectivity index (χ1) is 14.8. The SMILES string of the molecule is Cc1c(C(=O)C(C)Oc2ccccc2Cl)c(O)n(CCc2ccccc2)c(=O)c1C#N. The van der Waals surface area contributed by atoms with E-state index in [1.54, 1.807) is 24.3 Å². The van der Waals surface area contributed by atoms with Crippen LogP contribution in [0.5, 0.6) is 11.6 Å². The highest BCUT2D eigenvalue weighted by molar-refractivity contribution is 6.32. The molecule has 31 heavy (non-hydrogen) atoms. The normalized spacial score (nSPS) is 11.5. The Bertz CT molecular complexity index is 1210. The van der Waals surface area contributed by atoms with E-state index < -0.39 is 23.3 Å². The van der Waals surface area contributed by atoms with Crippen molar-refractivity contribution in [2.24, 2.45) is 0 Å². The molecule has 1 unspecified atom stereocenters. The van der Waals surface area contributed by atoms with Crippen LogP contribution in [0.2, 0.25) is 5.02 Å². The number of pyridine rings is 1. The molecule has 0 spiro atoms. The Morgan fingerprint density at radius 1 is 1.19 bits per heavy atom. The topological polar surface area (TPSA) is 92.3 Å². The lowest BCUT2D eigenvalue weighted by molar-refractivity contribution is 0.0812. The second kappa shape index (κ2) is 9.50. The van der Waals surface area contributed by atoms with Crippen LogP contribution in [0.4, 0.5) is 0 Å². The molecule has 0 aliphatic carbocycles. The predicted molar refractivity (Wildman–Crippen MR) is 118 cm³/mol. The number of ether oxygens (including phenoxy) is 1. The van der Waals surface area contributed by atoms with Gasteiger partial charge in [-0.3, -0.25) is 14.2 Å². The number of aryl methyl sites for hydroxylation is 1. The number of benzene rings is 2. The van der Waals surface area contributed by atoms with Crippen LogP contribution in [0, 0.1) is 18.3 Å². The third-order valence-electron chi connectivity index (χ3n) is 5.02. The molecule has 2 aromatic carbocycles. The fourth-order valence-corrected chi connectivity index (χ4v) is 3.51. The summed E-state index contributed by atoms with van der Waals surface area (Å²) in [6, 6.07) is 18.0. The molecule has 158 valence electrons. The van der Waals surface area contributed by atoms with E-state index in [0.29, 0.717) is 17.2 Å². The van der Waals surface area contributed by atoms with E-state index >= 15 is 0 Å². The first-order valence-electron chi connectivity index (χ1n) is 9.71. The number of carbonyl (C=O) groups excluding carboxylic acids is 1. The number of carbonyl (C=O) groups is 1. The van der Waals surface area contributed by atoms with Crippen molar-refractivity contribution in [3.05, 3.63) is 92.2 Å². The van der Waals surface area contributed by atoms with Crippen LogP contribution in [-0.2, 0) is 13.0 Å². The number of rotatable bonds is 7. The average Bonchev–Trinajstić information content (AvgIpc) is 2.76. The predicted octanol–water partition coefficient (Wildman–Crippen LogP) is 4.28. The van der Waals surface area contributed by atoms with E-state index in [1.165, 1.54) is 13.8 Å². The molecule has 0 radical (unpaired) electrons. The molecular formula is C24H21ClN2O4. The fourth-order valence-electron chi connectivity index (χ4n) is 3.33. The summed E-state index contributed by atoms with van der Waals surface area (Å²) in [5.74, 6) is -0.711. The van der Waals surface area contributed by atoms with Gasteiger partial charge >= 0.3 is 0 Å². The van der Waals surface area contributed by atoms with Crippen LogP contribution < -0.4 is 10.3 Å². The van der Waals surface area contributed by atoms with Crippen molar-refractivity contribution in [1.82, 2.24) is 4.57 Å². The first-order valence-corrected chi connectivity index (χ1v) is 10.1. The van der Waals surface area contributed by atoms with Gasteiger partial charge in [0, 0.05) is 6.54 Å². The number of hydrogen-bond donors (Lipinski definition) is 1. The molecule has 3 aromatic rings. The lowest BCUT2D eigenvalue weighted by Crippen LogP contribution is -2.31. The average molecular weight is 437 g/mol. The van der Waals surface area contributed by atoms with E-state index in [-0.39, 0.29) is 23.2 Å². The maximum atomic E-state index is 13.2. The van der Waals surface area contributed by atoms with Gasteiger partial charge in [-0.15, -0.1) is 0 Å². The van der Waals surface area contributed by atoms with Gasteiger partial charge in [-0.25, -0.2) is 0 Å². The number of hydrogen-bond acceptors (Lipinski definition) is 5. The van der Waals surface area contributed by atoms with Crippen molar-refractivity contribution in [2.75, 3.05) is 0 Å². The molecular weight excluding hydrogens is 416 g/mol. The van der Waals surface area contributed by atoms with Crippen LogP contribution in [0.1, 0.15) is 34.0 Å². The van der Waals surface area contributed by atoms with Gasteiger partial charge in [-0.05, 0) is 43.5 Å². The Labute approximate surface area is 184 Å². The molecule has 0 aliphatic rings. The minimum Gasteiger partial charge on any atom is -0.494 e. The van der Waals surface area contributed by atoms with E-state index in [1.807, 2.05) is 36.4 Å². The summed E-state index contributed by atoms with van der Waals surface area (Å²) in [4.78, 5) is 25.9. The summed E-state index contributed by atoms with van der Waals surface area (Å²) in [7, 11) is 0. The fraction of sp³-hybridized carbons (Fsp3) is 0.208. The second-order valence-corrected chi connectivity index (χ2v) is 7.46. The zero-order chi connectivity index (χ0) is 22.5. The molecule has 0 fully saturated rings. The summed E-state index contributed by atoms with van der Waals surface area (Å²) in [5.41, 5.74) is 0.157. The second-order valence-electron chi connectivity index (χ2n) is 7.06. The highest BCUT2D eigenvalue weighted by atomic mass is 35.5. The molecule has 1 atom stereocenters. The third kappa shape index (κ3) is 4.62. The summed E-state index contributed by atoms with van der Waals surface area (Å²) in [5, 5.41) is 20.7. The number of ketones is 1. The van der Waals surface area contributed by atoms with E-state index in [0.717, 1.165) is 10.1 Å². The van der Waals surface area contributed by atoms with Crippen LogP contribution >= 0.6 is 11.6 Å². The Morgan fingerprint density at radius 2 is 1.84 bits per heavy atom. The zero-order valence-electron chi connectivity index (χ0n) is 17.1. The number of aromatic nitrogens is 1. The minimum absolute atomic E-state index is 0.108. The van der Waals surface area contributed by atoms with Gasteiger partial charge in [0.05, 0.1) is 10.6 Å². The molecule has 0 saturated carbocycles. The number of para-hydroxylation sites is 1. The molecule has 1 heterocycles. The number of aromatic hydroxyl groups is 1.